The molecule has 0 amide bonds. The Balaban J connectivity index is 1.62. The summed E-state index contributed by atoms with van der Waals surface area (Å²) in [4.78, 5) is 16.3. The van der Waals surface area contributed by atoms with E-state index in [1.54, 1.807) is 0 Å². The first-order chi connectivity index (χ1) is 12.8. The summed E-state index contributed by atoms with van der Waals surface area (Å²) < 4.78 is 2.24. The smallest absolute Gasteiger partial charge is 0.160 e. The van der Waals surface area contributed by atoms with Gasteiger partial charge in [-0.1, -0.05) is 24.8 Å². The van der Waals surface area contributed by atoms with Gasteiger partial charge in [-0.2, -0.15) is 0 Å². The highest BCUT2D eigenvalue weighted by Gasteiger charge is 2.44. The zero-order valence-corrected chi connectivity index (χ0v) is 15.3. The molecule has 0 bridgehead atoms. The van der Waals surface area contributed by atoms with E-state index in [-0.39, 0.29) is 12.1 Å². The fourth-order valence-electron chi connectivity index (χ4n) is 3.81. The van der Waals surface area contributed by atoms with Gasteiger partial charge in [0.15, 0.2) is 5.17 Å². The van der Waals surface area contributed by atoms with Crippen molar-refractivity contribution in [3.05, 3.63) is 78.6 Å². The van der Waals surface area contributed by atoms with E-state index in [2.05, 4.69) is 50.8 Å². The van der Waals surface area contributed by atoms with E-state index in [0.717, 1.165) is 23.1 Å². The highest BCUT2D eigenvalue weighted by atomic mass is 32.2. The van der Waals surface area contributed by atoms with Crippen molar-refractivity contribution in [3.63, 3.8) is 0 Å². The highest BCUT2D eigenvalue weighted by Crippen LogP contribution is 2.47. The molecule has 5 rings (SSSR count). The number of hydrogen-bond acceptors (Lipinski definition) is 5. The normalized spacial score (nSPS) is 24.6. The molecule has 3 atom stereocenters. The van der Waals surface area contributed by atoms with E-state index in [0.29, 0.717) is 5.25 Å². The maximum atomic E-state index is 5.06. The molecule has 2 aliphatic rings. The van der Waals surface area contributed by atoms with E-state index in [4.69, 9.17) is 4.99 Å². The quantitative estimate of drug-likeness (QED) is 0.711. The molecule has 1 saturated heterocycles. The third-order valence-electron chi connectivity index (χ3n) is 4.91. The van der Waals surface area contributed by atoms with Crippen molar-refractivity contribution < 1.29 is 0 Å². The summed E-state index contributed by atoms with van der Waals surface area (Å²) in [7, 11) is 0. The zero-order valence-electron chi connectivity index (χ0n) is 14.4. The number of nitrogens with zero attached hydrogens (tertiary/aromatic N) is 5. The molecule has 0 aromatic carbocycles. The largest absolute Gasteiger partial charge is 0.339 e. The maximum Gasteiger partial charge on any atom is 0.160 e. The lowest BCUT2D eigenvalue weighted by atomic mass is 10.0. The Labute approximate surface area is 156 Å². The Morgan fingerprint density at radius 3 is 2.73 bits per heavy atom. The van der Waals surface area contributed by atoms with Crippen LogP contribution in [0.2, 0.25) is 0 Å². The molecule has 6 heteroatoms. The molecule has 0 radical (unpaired) electrons. The fourth-order valence-corrected chi connectivity index (χ4v) is 4.91. The van der Waals surface area contributed by atoms with Crippen LogP contribution in [0.4, 0.5) is 0 Å². The first-order valence-corrected chi connectivity index (χ1v) is 9.69. The van der Waals surface area contributed by atoms with E-state index in [1.165, 1.54) is 5.69 Å². The van der Waals surface area contributed by atoms with Crippen molar-refractivity contribution >= 4 is 16.9 Å². The molecule has 3 aromatic heterocycles. The van der Waals surface area contributed by atoms with Crippen LogP contribution in [-0.2, 0) is 0 Å². The summed E-state index contributed by atoms with van der Waals surface area (Å²) in [6.45, 7) is 3.28. The Morgan fingerprint density at radius 2 is 1.92 bits per heavy atom. The van der Waals surface area contributed by atoms with E-state index >= 15 is 0 Å². The number of aliphatic imine (C=N–C) groups is 1. The van der Waals surface area contributed by atoms with Gasteiger partial charge in [0.2, 0.25) is 0 Å². The summed E-state index contributed by atoms with van der Waals surface area (Å²) in [5.41, 5.74) is 3.38. The van der Waals surface area contributed by atoms with Crippen molar-refractivity contribution in [1.29, 1.82) is 0 Å². The van der Waals surface area contributed by atoms with Crippen LogP contribution in [0.1, 0.15) is 30.4 Å². The summed E-state index contributed by atoms with van der Waals surface area (Å²) in [5.74, 6) is 0. The minimum Gasteiger partial charge on any atom is -0.339 e. The number of pyridine rings is 2. The molecular weight excluding hydrogens is 342 g/mol. The van der Waals surface area contributed by atoms with Crippen LogP contribution >= 0.6 is 11.8 Å². The van der Waals surface area contributed by atoms with Gasteiger partial charge in [-0.25, -0.2) is 0 Å². The molecule has 2 aliphatic heterocycles. The second-order valence-corrected chi connectivity index (χ2v) is 8.05. The maximum absolute atomic E-state index is 5.06. The molecule has 1 fully saturated rings. The lowest BCUT2D eigenvalue weighted by Crippen LogP contribution is -2.30. The molecule has 26 heavy (non-hydrogen) atoms. The van der Waals surface area contributed by atoms with Crippen LogP contribution in [0.3, 0.4) is 0 Å². The number of hydrogen-bond donors (Lipinski definition) is 0. The zero-order chi connectivity index (χ0) is 17.5. The summed E-state index contributed by atoms with van der Waals surface area (Å²) in [5, 5.41) is 1.70. The summed E-state index contributed by atoms with van der Waals surface area (Å²) >= 11 is 1.87. The van der Waals surface area contributed by atoms with Gasteiger partial charge in [0.1, 0.15) is 6.04 Å². The molecular formula is C20H19N5S. The number of rotatable bonds is 3. The van der Waals surface area contributed by atoms with Crippen LogP contribution in [0.25, 0.3) is 5.69 Å². The number of thioether (sulfide) groups is 1. The van der Waals surface area contributed by atoms with Crippen LogP contribution in [0, 0.1) is 0 Å². The van der Waals surface area contributed by atoms with E-state index < -0.39 is 0 Å². The third-order valence-corrected chi connectivity index (χ3v) is 6.01. The minimum absolute atomic E-state index is 0.0155. The average Bonchev–Trinajstić information content (AvgIpc) is 3.37. The molecule has 130 valence electrons. The summed E-state index contributed by atoms with van der Waals surface area (Å²) in [6, 6.07) is 14.6. The van der Waals surface area contributed by atoms with Gasteiger partial charge in [-0.05, 0) is 36.4 Å². The number of amidine groups is 1. The van der Waals surface area contributed by atoms with Crippen LogP contribution in [0.5, 0.6) is 0 Å². The van der Waals surface area contributed by atoms with Crippen molar-refractivity contribution in [2.24, 2.45) is 4.99 Å². The Morgan fingerprint density at radius 1 is 1.04 bits per heavy atom. The molecule has 0 unspecified atom stereocenters. The topological polar surface area (TPSA) is 46.3 Å². The summed E-state index contributed by atoms with van der Waals surface area (Å²) in [6.07, 6.45) is 7.64. The first-order valence-electron chi connectivity index (χ1n) is 8.81. The predicted octanol–water partition coefficient (Wildman–Crippen LogP) is 3.86. The number of fused-ring (bicyclic) bond motifs is 1. The molecule has 5 heterocycles. The average molecular weight is 361 g/mol. The lowest BCUT2D eigenvalue weighted by Gasteiger charge is -2.28. The van der Waals surface area contributed by atoms with Crippen molar-refractivity contribution in [2.45, 2.75) is 24.3 Å². The molecule has 0 spiro atoms. The van der Waals surface area contributed by atoms with Crippen LogP contribution in [0.15, 0.2) is 72.2 Å². The van der Waals surface area contributed by atoms with Gasteiger partial charge in [0.25, 0.3) is 0 Å². The number of aromatic nitrogens is 3. The van der Waals surface area contributed by atoms with Crippen molar-refractivity contribution in [1.82, 2.24) is 19.4 Å². The van der Waals surface area contributed by atoms with Gasteiger partial charge in [-0.15, -0.1) is 0 Å². The Kier molecular flexibility index (Phi) is 3.78. The highest BCUT2D eigenvalue weighted by molar-refractivity contribution is 8.14. The monoisotopic (exact) mass is 361 g/mol. The molecule has 3 aromatic rings. The Bertz CT molecular complexity index is 937. The van der Waals surface area contributed by atoms with E-state index in [1.807, 2.05) is 54.6 Å². The first kappa shape index (κ1) is 15.6. The van der Waals surface area contributed by atoms with Crippen molar-refractivity contribution in [3.8, 4) is 5.69 Å². The minimum atomic E-state index is 0.0155. The van der Waals surface area contributed by atoms with Crippen LogP contribution in [-0.4, -0.2) is 36.4 Å². The third kappa shape index (κ3) is 2.52. The van der Waals surface area contributed by atoms with Gasteiger partial charge in [0.05, 0.1) is 11.7 Å². The van der Waals surface area contributed by atoms with Gasteiger partial charge in [-0.3, -0.25) is 15.0 Å². The molecule has 0 N–H and O–H groups in total. The fraction of sp³-hybridized carbons (Fsp3) is 0.250. The molecule has 5 nitrogen and oxygen atoms in total. The van der Waals surface area contributed by atoms with Gasteiger partial charge < -0.3 is 9.47 Å². The Hall–Kier alpha value is -2.60. The van der Waals surface area contributed by atoms with E-state index in [9.17, 15) is 0 Å². The molecule has 0 aliphatic carbocycles. The van der Waals surface area contributed by atoms with Gasteiger partial charge >= 0.3 is 0 Å². The van der Waals surface area contributed by atoms with Gasteiger partial charge in [0, 0.05) is 48.0 Å². The SMILES string of the molecule is C[C@H]1CN2C(=N[C@@H](c3ccccn3)[C@@H]2c2cccn2-c2ccncc2)S1. The standard InChI is InChI=1S/C20H19N5S/c1-14-13-25-19(17-6-4-12-24(17)15-7-10-21-11-8-15)18(23-20(25)26-14)16-5-2-3-9-22-16/h2-12,14,18-19H,13H2,1H3/t14-,18-,19-/m0/s1. The second kappa shape index (κ2) is 6.29. The second-order valence-electron chi connectivity index (χ2n) is 6.65. The van der Waals surface area contributed by atoms with Crippen molar-refractivity contribution in [2.75, 3.05) is 6.54 Å². The van der Waals surface area contributed by atoms with Crippen LogP contribution < -0.4 is 0 Å². The predicted molar refractivity (Wildman–Crippen MR) is 104 cm³/mol. The lowest BCUT2D eigenvalue weighted by molar-refractivity contribution is 0.312. The molecule has 0 saturated carbocycles.